The number of hydrogen-bond donors (Lipinski definition) is 1. The average Bonchev–Trinajstić information content (AvgIpc) is 2.99. The van der Waals surface area contributed by atoms with Gasteiger partial charge in [0, 0.05) is 43.6 Å². The smallest absolute Gasteiger partial charge is 0.0537 e. The molecule has 0 aliphatic rings. The summed E-state index contributed by atoms with van der Waals surface area (Å²) in [5.41, 5.74) is 3.69. The zero-order valence-electron chi connectivity index (χ0n) is 12.2. The van der Waals surface area contributed by atoms with Crippen LogP contribution in [0.2, 0.25) is 0 Å². The van der Waals surface area contributed by atoms with Crippen LogP contribution in [0.5, 0.6) is 0 Å². The fraction of sp³-hybridized carbons (Fsp3) is 0.571. The molecule has 0 aliphatic carbocycles. The van der Waals surface area contributed by atoms with Crippen molar-refractivity contribution in [3.63, 3.8) is 0 Å². The van der Waals surface area contributed by atoms with Crippen LogP contribution in [-0.2, 0) is 20.1 Å². The summed E-state index contributed by atoms with van der Waals surface area (Å²) in [5, 5.41) is 12.1. The van der Waals surface area contributed by atoms with E-state index >= 15 is 0 Å². The van der Waals surface area contributed by atoms with Crippen LogP contribution in [0.15, 0.2) is 18.5 Å². The van der Waals surface area contributed by atoms with Crippen LogP contribution in [0.4, 0.5) is 0 Å². The molecule has 19 heavy (non-hydrogen) atoms. The molecule has 1 N–H and O–H groups in total. The van der Waals surface area contributed by atoms with E-state index in [1.807, 2.05) is 24.1 Å². The number of aromatic nitrogens is 4. The Morgan fingerprint density at radius 3 is 2.74 bits per heavy atom. The normalized spacial score (nSPS) is 12.8. The van der Waals surface area contributed by atoms with Crippen LogP contribution in [0.1, 0.15) is 43.3 Å². The van der Waals surface area contributed by atoms with E-state index in [0.717, 1.165) is 19.5 Å². The molecular formula is C14H23N5. The van der Waals surface area contributed by atoms with Gasteiger partial charge in [0.05, 0.1) is 11.9 Å². The zero-order valence-corrected chi connectivity index (χ0v) is 12.2. The third-order valence-electron chi connectivity index (χ3n) is 3.72. The van der Waals surface area contributed by atoms with Crippen LogP contribution in [0, 0.1) is 6.92 Å². The summed E-state index contributed by atoms with van der Waals surface area (Å²) in [6.07, 6.45) is 4.89. The maximum absolute atomic E-state index is 4.39. The molecule has 2 rings (SSSR count). The second-order valence-corrected chi connectivity index (χ2v) is 5.01. The second kappa shape index (κ2) is 6.02. The van der Waals surface area contributed by atoms with Gasteiger partial charge in [0.1, 0.15) is 0 Å². The van der Waals surface area contributed by atoms with Crippen molar-refractivity contribution in [2.75, 3.05) is 0 Å². The van der Waals surface area contributed by atoms with Gasteiger partial charge in [-0.2, -0.15) is 10.2 Å². The van der Waals surface area contributed by atoms with E-state index in [4.69, 9.17) is 0 Å². The summed E-state index contributed by atoms with van der Waals surface area (Å²) in [7, 11) is 1.97. The molecule has 0 spiro atoms. The van der Waals surface area contributed by atoms with E-state index in [2.05, 4.69) is 47.0 Å². The first-order chi connectivity index (χ1) is 9.13. The van der Waals surface area contributed by atoms with Crippen molar-refractivity contribution in [2.24, 2.45) is 7.05 Å². The van der Waals surface area contributed by atoms with E-state index in [9.17, 15) is 0 Å². The lowest BCUT2D eigenvalue weighted by Crippen LogP contribution is -2.18. The predicted molar refractivity (Wildman–Crippen MR) is 75.7 cm³/mol. The molecule has 0 aromatic carbocycles. The summed E-state index contributed by atoms with van der Waals surface area (Å²) < 4.78 is 4.00. The highest BCUT2D eigenvalue weighted by atomic mass is 15.3. The van der Waals surface area contributed by atoms with Crippen LogP contribution < -0.4 is 5.32 Å². The van der Waals surface area contributed by atoms with Crippen molar-refractivity contribution in [3.8, 4) is 0 Å². The molecule has 5 nitrogen and oxygen atoms in total. The first-order valence-corrected chi connectivity index (χ1v) is 6.84. The summed E-state index contributed by atoms with van der Waals surface area (Å²) >= 11 is 0. The lowest BCUT2D eigenvalue weighted by Gasteiger charge is -2.14. The zero-order chi connectivity index (χ0) is 13.8. The first kappa shape index (κ1) is 13.8. The van der Waals surface area contributed by atoms with E-state index in [1.165, 1.54) is 17.0 Å². The predicted octanol–water partition coefficient (Wildman–Crippen LogP) is 2.19. The minimum Gasteiger partial charge on any atom is -0.307 e. The van der Waals surface area contributed by atoms with Crippen molar-refractivity contribution in [2.45, 2.75) is 46.3 Å². The Kier molecular flexibility index (Phi) is 4.37. The molecule has 2 aromatic rings. The number of nitrogens with one attached hydrogen (secondary N) is 1. The summed E-state index contributed by atoms with van der Waals surface area (Å²) in [4.78, 5) is 0. The van der Waals surface area contributed by atoms with Gasteiger partial charge in [0.2, 0.25) is 0 Å². The van der Waals surface area contributed by atoms with Crippen LogP contribution in [0.25, 0.3) is 0 Å². The Hall–Kier alpha value is -1.62. The molecule has 0 radical (unpaired) electrons. The first-order valence-electron chi connectivity index (χ1n) is 6.84. The molecule has 0 saturated carbocycles. The highest BCUT2D eigenvalue weighted by Crippen LogP contribution is 2.12. The molecule has 0 saturated heterocycles. The highest BCUT2D eigenvalue weighted by molar-refractivity contribution is 5.15. The minimum atomic E-state index is 0.451. The monoisotopic (exact) mass is 261 g/mol. The van der Waals surface area contributed by atoms with E-state index in [-0.39, 0.29) is 0 Å². The van der Waals surface area contributed by atoms with Gasteiger partial charge in [-0.05, 0) is 26.3 Å². The summed E-state index contributed by atoms with van der Waals surface area (Å²) in [6, 6.07) is 2.53. The van der Waals surface area contributed by atoms with Crippen molar-refractivity contribution in [3.05, 3.63) is 35.4 Å². The molecule has 104 valence electrons. The van der Waals surface area contributed by atoms with Gasteiger partial charge in [-0.3, -0.25) is 9.36 Å². The van der Waals surface area contributed by atoms with Crippen LogP contribution in [-0.4, -0.2) is 19.6 Å². The molecule has 2 aromatic heterocycles. The van der Waals surface area contributed by atoms with Gasteiger partial charge >= 0.3 is 0 Å². The standard InChI is InChI=1S/C14H23N5/c1-5-11(2)19-14(6-7-16-19)10-15-8-13-9-17-18(4)12(13)3/h6-7,9,11,15H,5,8,10H2,1-4H3. The summed E-state index contributed by atoms with van der Waals surface area (Å²) in [5.74, 6) is 0. The fourth-order valence-electron chi connectivity index (χ4n) is 2.09. The molecule has 2 heterocycles. The molecule has 0 fully saturated rings. The number of aryl methyl sites for hydroxylation is 1. The Balaban J connectivity index is 1.93. The van der Waals surface area contributed by atoms with Crippen molar-refractivity contribution in [1.82, 2.24) is 24.9 Å². The lowest BCUT2D eigenvalue weighted by molar-refractivity contribution is 0.451. The number of hydrogen-bond acceptors (Lipinski definition) is 3. The molecule has 0 amide bonds. The second-order valence-electron chi connectivity index (χ2n) is 5.01. The molecule has 1 unspecified atom stereocenters. The molecule has 0 bridgehead atoms. The number of rotatable bonds is 6. The Labute approximate surface area is 114 Å². The van der Waals surface area contributed by atoms with E-state index < -0.39 is 0 Å². The quantitative estimate of drug-likeness (QED) is 0.867. The Morgan fingerprint density at radius 2 is 2.11 bits per heavy atom. The minimum absolute atomic E-state index is 0.451. The number of nitrogens with zero attached hydrogens (tertiary/aromatic N) is 4. The maximum atomic E-state index is 4.39. The largest absolute Gasteiger partial charge is 0.307 e. The highest BCUT2D eigenvalue weighted by Gasteiger charge is 2.08. The van der Waals surface area contributed by atoms with Crippen molar-refractivity contribution < 1.29 is 0 Å². The van der Waals surface area contributed by atoms with Crippen LogP contribution >= 0.6 is 0 Å². The molecular weight excluding hydrogens is 238 g/mol. The topological polar surface area (TPSA) is 47.7 Å². The van der Waals surface area contributed by atoms with Crippen molar-refractivity contribution in [1.29, 1.82) is 0 Å². The Morgan fingerprint density at radius 1 is 1.32 bits per heavy atom. The third-order valence-corrected chi connectivity index (χ3v) is 3.72. The van der Waals surface area contributed by atoms with Gasteiger partial charge in [-0.15, -0.1) is 0 Å². The van der Waals surface area contributed by atoms with Gasteiger partial charge < -0.3 is 5.32 Å². The third kappa shape index (κ3) is 3.04. The van der Waals surface area contributed by atoms with Gasteiger partial charge in [0.25, 0.3) is 0 Å². The van der Waals surface area contributed by atoms with E-state index in [1.54, 1.807) is 0 Å². The average molecular weight is 261 g/mol. The van der Waals surface area contributed by atoms with Gasteiger partial charge in [-0.1, -0.05) is 6.92 Å². The lowest BCUT2D eigenvalue weighted by atomic mass is 10.2. The fourth-order valence-corrected chi connectivity index (χ4v) is 2.09. The molecule has 0 aliphatic heterocycles. The SMILES string of the molecule is CCC(C)n1nccc1CNCc1cnn(C)c1C. The molecule has 1 atom stereocenters. The summed E-state index contributed by atoms with van der Waals surface area (Å²) in [6.45, 7) is 8.14. The van der Waals surface area contributed by atoms with Gasteiger partial charge in [-0.25, -0.2) is 0 Å². The van der Waals surface area contributed by atoms with Gasteiger partial charge in [0.15, 0.2) is 0 Å². The van der Waals surface area contributed by atoms with E-state index in [0.29, 0.717) is 6.04 Å². The van der Waals surface area contributed by atoms with Crippen molar-refractivity contribution >= 4 is 0 Å². The molecule has 5 heteroatoms. The Bertz CT molecular complexity index is 526. The van der Waals surface area contributed by atoms with Crippen LogP contribution in [0.3, 0.4) is 0 Å². The maximum Gasteiger partial charge on any atom is 0.0537 e.